The second-order valence-electron chi connectivity index (χ2n) is 6.94. The third-order valence-corrected chi connectivity index (χ3v) is 5.25. The molecule has 0 saturated heterocycles. The van der Waals surface area contributed by atoms with Gasteiger partial charge in [0, 0.05) is 21.7 Å². The fourth-order valence-corrected chi connectivity index (χ4v) is 3.66. The number of benzene rings is 3. The molecule has 0 fully saturated rings. The number of halogens is 1. The Kier molecular flexibility index (Phi) is 6.91. The number of carbonyl (C=O) groups excluding carboxylic acids is 2. The van der Waals surface area contributed by atoms with Gasteiger partial charge in [-0.2, -0.15) is 0 Å². The van der Waals surface area contributed by atoms with Crippen molar-refractivity contribution < 1.29 is 19.1 Å². The zero-order valence-corrected chi connectivity index (χ0v) is 17.7. The van der Waals surface area contributed by atoms with E-state index in [2.05, 4.69) is 4.74 Å². The van der Waals surface area contributed by atoms with Crippen LogP contribution in [0, 0.1) is 6.92 Å². The largest absolute Gasteiger partial charge is 0.469 e. The Morgan fingerprint density at radius 2 is 1.37 bits per heavy atom. The summed E-state index contributed by atoms with van der Waals surface area (Å²) in [7, 11) is 1.29. The third kappa shape index (κ3) is 4.55. The van der Waals surface area contributed by atoms with Gasteiger partial charge in [0.1, 0.15) is 0 Å². The van der Waals surface area contributed by atoms with E-state index in [-0.39, 0.29) is 12.8 Å². The summed E-state index contributed by atoms with van der Waals surface area (Å²) in [5.41, 5.74) is 1.98. The Labute approximate surface area is 181 Å². The van der Waals surface area contributed by atoms with Crippen LogP contribution in [0.5, 0.6) is 0 Å². The first-order valence-corrected chi connectivity index (χ1v) is 10.0. The fraction of sp³-hybridized carbons (Fsp3) is 0.200. The van der Waals surface area contributed by atoms with Gasteiger partial charge in [-0.1, -0.05) is 90.0 Å². The molecule has 4 nitrogen and oxygen atoms in total. The van der Waals surface area contributed by atoms with Crippen molar-refractivity contribution in [1.82, 2.24) is 0 Å². The molecule has 0 bridgehead atoms. The first-order valence-electron chi connectivity index (χ1n) is 9.63. The van der Waals surface area contributed by atoms with Crippen LogP contribution in [0.15, 0.2) is 78.9 Å². The van der Waals surface area contributed by atoms with Crippen LogP contribution in [0.4, 0.5) is 0 Å². The number of methoxy groups -OCH3 is 1. The Balaban J connectivity index is 2.19. The molecule has 0 spiro atoms. The monoisotopic (exact) mass is 422 g/mol. The number of rotatable bonds is 7. The predicted octanol–water partition coefficient (Wildman–Crippen LogP) is 5.44. The highest BCUT2D eigenvalue weighted by atomic mass is 35.5. The SMILES string of the molecule is COC(=O)CCC(=O)OC(c1ccccc1)(c1ccc(C)cc1)c1ccccc1Cl. The summed E-state index contributed by atoms with van der Waals surface area (Å²) in [6.07, 6.45) is -0.159. The fourth-order valence-electron chi connectivity index (χ4n) is 3.39. The second kappa shape index (κ2) is 9.59. The van der Waals surface area contributed by atoms with Gasteiger partial charge in [-0.05, 0) is 13.0 Å². The predicted molar refractivity (Wildman–Crippen MR) is 116 cm³/mol. The van der Waals surface area contributed by atoms with E-state index in [4.69, 9.17) is 16.3 Å². The number of esters is 2. The van der Waals surface area contributed by atoms with Gasteiger partial charge in [-0.25, -0.2) is 0 Å². The lowest BCUT2D eigenvalue weighted by atomic mass is 9.79. The highest BCUT2D eigenvalue weighted by Crippen LogP contribution is 2.43. The van der Waals surface area contributed by atoms with Crippen LogP contribution in [0.3, 0.4) is 0 Å². The molecule has 0 aliphatic heterocycles. The Hall–Kier alpha value is -3.11. The van der Waals surface area contributed by atoms with Crippen molar-refractivity contribution in [2.45, 2.75) is 25.4 Å². The van der Waals surface area contributed by atoms with Gasteiger partial charge in [0.15, 0.2) is 5.60 Å². The van der Waals surface area contributed by atoms with E-state index in [1.807, 2.05) is 79.7 Å². The minimum absolute atomic E-state index is 0.0589. The van der Waals surface area contributed by atoms with Crippen molar-refractivity contribution in [3.05, 3.63) is 106 Å². The number of hydrogen-bond donors (Lipinski definition) is 0. The lowest BCUT2D eigenvalue weighted by molar-refractivity contribution is -0.156. The molecule has 0 heterocycles. The van der Waals surface area contributed by atoms with E-state index in [0.29, 0.717) is 10.6 Å². The number of hydrogen-bond acceptors (Lipinski definition) is 4. The molecule has 0 saturated carbocycles. The standard InChI is InChI=1S/C25H23ClO4/c1-18-12-14-20(15-13-18)25(19-8-4-3-5-9-19,21-10-6-7-11-22(21)26)30-24(28)17-16-23(27)29-2/h3-15H,16-17H2,1-2H3. The van der Waals surface area contributed by atoms with Crippen LogP contribution in [0.1, 0.15) is 35.1 Å². The van der Waals surface area contributed by atoms with Crippen LogP contribution in [0.2, 0.25) is 5.02 Å². The van der Waals surface area contributed by atoms with Gasteiger partial charge in [0.05, 0.1) is 20.0 Å². The van der Waals surface area contributed by atoms with E-state index >= 15 is 0 Å². The highest BCUT2D eigenvalue weighted by Gasteiger charge is 2.42. The van der Waals surface area contributed by atoms with Gasteiger partial charge in [-0.15, -0.1) is 0 Å². The van der Waals surface area contributed by atoms with Gasteiger partial charge in [0.25, 0.3) is 0 Å². The van der Waals surface area contributed by atoms with E-state index in [9.17, 15) is 9.59 Å². The smallest absolute Gasteiger partial charge is 0.307 e. The maximum Gasteiger partial charge on any atom is 0.307 e. The lowest BCUT2D eigenvalue weighted by Gasteiger charge is -2.36. The van der Waals surface area contributed by atoms with Crippen LogP contribution in [-0.4, -0.2) is 19.0 Å². The van der Waals surface area contributed by atoms with Gasteiger partial charge in [0.2, 0.25) is 0 Å². The van der Waals surface area contributed by atoms with Crippen molar-refractivity contribution >= 4 is 23.5 Å². The van der Waals surface area contributed by atoms with E-state index < -0.39 is 17.5 Å². The summed E-state index contributed by atoms with van der Waals surface area (Å²) in [6.45, 7) is 1.99. The highest BCUT2D eigenvalue weighted by molar-refractivity contribution is 6.31. The van der Waals surface area contributed by atoms with Gasteiger partial charge < -0.3 is 9.47 Å². The Bertz CT molecular complexity index is 1010. The first kappa shape index (κ1) is 21.6. The third-order valence-electron chi connectivity index (χ3n) is 4.92. The summed E-state index contributed by atoms with van der Waals surface area (Å²) >= 11 is 6.61. The van der Waals surface area contributed by atoms with Crippen molar-refractivity contribution in [2.24, 2.45) is 0 Å². The first-order chi connectivity index (χ1) is 14.5. The summed E-state index contributed by atoms with van der Waals surface area (Å²) < 4.78 is 10.8. The van der Waals surface area contributed by atoms with Crippen molar-refractivity contribution in [2.75, 3.05) is 7.11 Å². The number of carbonyl (C=O) groups is 2. The van der Waals surface area contributed by atoms with Gasteiger partial charge >= 0.3 is 11.9 Å². The molecule has 1 atom stereocenters. The molecular weight excluding hydrogens is 400 g/mol. The lowest BCUT2D eigenvalue weighted by Crippen LogP contribution is -2.35. The summed E-state index contributed by atoms with van der Waals surface area (Å²) in [6, 6.07) is 24.6. The average Bonchev–Trinajstić information content (AvgIpc) is 2.77. The average molecular weight is 423 g/mol. The minimum atomic E-state index is -1.26. The van der Waals surface area contributed by atoms with Crippen molar-refractivity contribution in [1.29, 1.82) is 0 Å². The van der Waals surface area contributed by atoms with Crippen LogP contribution in [-0.2, 0) is 24.7 Å². The van der Waals surface area contributed by atoms with E-state index in [0.717, 1.165) is 16.7 Å². The van der Waals surface area contributed by atoms with Crippen LogP contribution >= 0.6 is 11.6 Å². The molecule has 1 unspecified atom stereocenters. The topological polar surface area (TPSA) is 52.6 Å². The second-order valence-corrected chi connectivity index (χ2v) is 7.35. The number of aryl methyl sites for hydroxylation is 1. The molecule has 0 amide bonds. The van der Waals surface area contributed by atoms with Crippen LogP contribution < -0.4 is 0 Å². The Morgan fingerprint density at radius 3 is 2.00 bits per heavy atom. The quantitative estimate of drug-likeness (QED) is 0.376. The Morgan fingerprint density at radius 1 is 0.800 bits per heavy atom. The van der Waals surface area contributed by atoms with Crippen LogP contribution in [0.25, 0.3) is 0 Å². The minimum Gasteiger partial charge on any atom is -0.469 e. The molecule has 3 aromatic rings. The van der Waals surface area contributed by atoms with Crippen molar-refractivity contribution in [3.63, 3.8) is 0 Å². The maximum atomic E-state index is 12.9. The molecule has 154 valence electrons. The normalized spacial score (nSPS) is 12.6. The molecule has 0 aliphatic carbocycles. The molecule has 30 heavy (non-hydrogen) atoms. The number of ether oxygens (including phenoxy) is 2. The maximum absolute atomic E-state index is 12.9. The van der Waals surface area contributed by atoms with Gasteiger partial charge in [-0.3, -0.25) is 9.59 Å². The molecule has 0 aromatic heterocycles. The molecule has 0 aliphatic rings. The summed E-state index contributed by atoms with van der Waals surface area (Å²) in [4.78, 5) is 24.4. The molecular formula is C25H23ClO4. The molecule has 3 rings (SSSR count). The summed E-state index contributed by atoms with van der Waals surface area (Å²) in [5.74, 6) is -0.991. The molecule has 0 radical (unpaired) electrons. The molecule has 0 N–H and O–H groups in total. The van der Waals surface area contributed by atoms with E-state index in [1.165, 1.54) is 7.11 Å². The molecule has 3 aromatic carbocycles. The zero-order valence-electron chi connectivity index (χ0n) is 16.9. The van der Waals surface area contributed by atoms with Crippen molar-refractivity contribution in [3.8, 4) is 0 Å². The summed E-state index contributed by atoms with van der Waals surface area (Å²) in [5, 5.41) is 0.475. The van der Waals surface area contributed by atoms with E-state index in [1.54, 1.807) is 6.07 Å². The zero-order chi connectivity index (χ0) is 21.6. The molecule has 5 heteroatoms.